The van der Waals surface area contributed by atoms with Crippen LogP contribution in [0.4, 0.5) is 8.78 Å². The largest absolute Gasteiger partial charge is 0.493 e. The Kier molecular flexibility index (Phi) is 6.48. The Bertz CT molecular complexity index is 1230. The molecule has 0 unspecified atom stereocenters. The van der Waals surface area contributed by atoms with Gasteiger partial charge in [0.2, 0.25) is 0 Å². The van der Waals surface area contributed by atoms with E-state index in [0.29, 0.717) is 43.1 Å². The number of aromatic nitrogens is 1. The average Bonchev–Trinajstić information content (AvgIpc) is 3.11. The van der Waals surface area contributed by atoms with E-state index in [0.717, 1.165) is 23.9 Å². The maximum Gasteiger partial charge on any atom is 0.263 e. The number of thioether (sulfide) groups is 1. The molecule has 1 amide bonds. The first-order valence-electron chi connectivity index (χ1n) is 9.39. The molecule has 5 nitrogen and oxygen atoms in total. The lowest BCUT2D eigenvalue weighted by molar-refractivity contribution is -0.115. The van der Waals surface area contributed by atoms with Crippen LogP contribution in [0.1, 0.15) is 11.3 Å². The molecule has 32 heavy (non-hydrogen) atoms. The molecule has 162 valence electrons. The molecule has 1 aliphatic heterocycles. The third-order valence-electron chi connectivity index (χ3n) is 4.56. The summed E-state index contributed by atoms with van der Waals surface area (Å²) in [5, 5.41) is 2.56. The maximum atomic E-state index is 14.0. The minimum Gasteiger partial charge on any atom is -0.493 e. The summed E-state index contributed by atoms with van der Waals surface area (Å²) >= 11 is 6.17. The van der Waals surface area contributed by atoms with E-state index in [1.807, 2.05) is 6.07 Å². The molecule has 0 spiro atoms. The summed E-state index contributed by atoms with van der Waals surface area (Å²) in [6, 6.07) is 12.4. The number of nitrogens with one attached hydrogen (secondary N) is 1. The number of halogens is 2. The second kappa shape index (κ2) is 9.46. The van der Waals surface area contributed by atoms with Gasteiger partial charge in [0.15, 0.2) is 23.1 Å². The number of carbonyl (C=O) groups excluding carboxylic acids is 1. The number of pyridine rings is 1. The normalized spacial score (nSPS) is 14.5. The third-order valence-corrected chi connectivity index (χ3v) is 5.72. The first-order chi connectivity index (χ1) is 15.4. The number of rotatable bonds is 6. The number of benzene rings is 2. The molecule has 4 rings (SSSR count). The van der Waals surface area contributed by atoms with Crippen molar-refractivity contribution >= 4 is 40.3 Å². The Hall–Kier alpha value is -3.30. The highest BCUT2D eigenvalue weighted by Crippen LogP contribution is 2.41. The quantitative estimate of drug-likeness (QED) is 0.399. The fraction of sp³-hybridized carbons (Fsp3) is 0.0870. The van der Waals surface area contributed by atoms with Crippen LogP contribution in [0.2, 0.25) is 0 Å². The van der Waals surface area contributed by atoms with E-state index in [1.54, 1.807) is 36.5 Å². The molecule has 0 saturated carbocycles. The molecule has 1 fully saturated rings. The zero-order chi connectivity index (χ0) is 22.7. The highest BCUT2D eigenvalue weighted by molar-refractivity contribution is 8.26. The van der Waals surface area contributed by atoms with E-state index in [2.05, 4.69) is 10.3 Å². The molecule has 1 aliphatic rings. The molecule has 1 N–H and O–H groups in total. The van der Waals surface area contributed by atoms with Crippen molar-refractivity contribution in [1.82, 2.24) is 10.3 Å². The number of carbonyl (C=O) groups is 1. The topological polar surface area (TPSA) is 60.5 Å². The minimum absolute atomic E-state index is 0.140. The third kappa shape index (κ3) is 4.79. The average molecular weight is 471 g/mol. The van der Waals surface area contributed by atoms with E-state index in [4.69, 9.17) is 21.7 Å². The zero-order valence-electron chi connectivity index (χ0n) is 16.7. The number of nitrogens with zero attached hydrogens (tertiary/aromatic N) is 1. The first kappa shape index (κ1) is 21.9. The standard InChI is InChI=1S/C23H16F2N2O3S2/c1-29-19-9-13(10-20-22(28)27-23(31)32-20)8-16(14-5-6-17(24)18(25)11-14)21(19)30-12-15-4-2-3-7-26-15/h2-11H,12H2,1H3,(H,27,28,31). The summed E-state index contributed by atoms with van der Waals surface area (Å²) in [7, 11) is 1.47. The zero-order valence-corrected chi connectivity index (χ0v) is 18.4. The number of ether oxygens (including phenoxy) is 2. The fourth-order valence-electron chi connectivity index (χ4n) is 3.09. The lowest BCUT2D eigenvalue weighted by Crippen LogP contribution is -2.17. The van der Waals surface area contributed by atoms with E-state index in [9.17, 15) is 13.6 Å². The summed E-state index contributed by atoms with van der Waals surface area (Å²) in [6.07, 6.45) is 3.30. The predicted octanol–water partition coefficient (Wildman–Crippen LogP) is 5.10. The van der Waals surface area contributed by atoms with Crippen molar-refractivity contribution in [1.29, 1.82) is 0 Å². The van der Waals surface area contributed by atoms with E-state index in [1.165, 1.54) is 13.2 Å². The van der Waals surface area contributed by atoms with Crippen LogP contribution in [0.25, 0.3) is 17.2 Å². The predicted molar refractivity (Wildman–Crippen MR) is 123 cm³/mol. The number of methoxy groups -OCH3 is 1. The lowest BCUT2D eigenvalue weighted by Gasteiger charge is -2.17. The minimum atomic E-state index is -0.989. The molecule has 0 aliphatic carbocycles. The van der Waals surface area contributed by atoms with Gasteiger partial charge in [-0.3, -0.25) is 9.78 Å². The van der Waals surface area contributed by atoms with Gasteiger partial charge in [-0.2, -0.15) is 0 Å². The molecule has 9 heteroatoms. The van der Waals surface area contributed by atoms with Crippen LogP contribution >= 0.6 is 24.0 Å². The highest BCUT2D eigenvalue weighted by Gasteiger charge is 2.23. The van der Waals surface area contributed by atoms with Crippen LogP contribution in [0.3, 0.4) is 0 Å². The SMILES string of the molecule is COc1cc(C=C2SC(=S)NC2=O)cc(-c2ccc(F)c(F)c2)c1OCc1ccccn1. The fourth-order valence-corrected chi connectivity index (χ4v) is 4.13. The molecule has 1 saturated heterocycles. The maximum absolute atomic E-state index is 14.0. The Morgan fingerprint density at radius 3 is 2.66 bits per heavy atom. The van der Waals surface area contributed by atoms with Crippen LogP contribution in [-0.4, -0.2) is 22.3 Å². The van der Waals surface area contributed by atoms with Gasteiger partial charge in [0, 0.05) is 11.8 Å². The van der Waals surface area contributed by atoms with Crippen LogP contribution in [-0.2, 0) is 11.4 Å². The van der Waals surface area contributed by atoms with E-state index in [-0.39, 0.29) is 12.5 Å². The molecule has 0 radical (unpaired) electrons. The number of hydrogen-bond acceptors (Lipinski definition) is 6. The number of amides is 1. The van der Waals surface area contributed by atoms with Crippen molar-refractivity contribution in [2.24, 2.45) is 0 Å². The van der Waals surface area contributed by atoms with E-state index >= 15 is 0 Å². The van der Waals surface area contributed by atoms with E-state index < -0.39 is 11.6 Å². The highest BCUT2D eigenvalue weighted by atomic mass is 32.2. The summed E-state index contributed by atoms with van der Waals surface area (Å²) in [6.45, 7) is 0.140. The summed E-state index contributed by atoms with van der Waals surface area (Å²) < 4.78 is 39.5. The smallest absolute Gasteiger partial charge is 0.263 e. The second-order valence-electron chi connectivity index (χ2n) is 6.69. The molecule has 2 heterocycles. The number of hydrogen-bond donors (Lipinski definition) is 1. The van der Waals surface area contributed by atoms with Crippen LogP contribution in [0.5, 0.6) is 11.5 Å². The van der Waals surface area contributed by atoms with Crippen molar-refractivity contribution in [2.75, 3.05) is 7.11 Å². The Balaban J connectivity index is 1.81. The van der Waals surface area contributed by atoms with Gasteiger partial charge < -0.3 is 14.8 Å². The molecular formula is C23H16F2N2O3S2. The van der Waals surface area contributed by atoms with Gasteiger partial charge in [0.25, 0.3) is 5.91 Å². The van der Waals surface area contributed by atoms with Crippen molar-refractivity contribution in [3.63, 3.8) is 0 Å². The van der Waals surface area contributed by atoms with Crippen molar-refractivity contribution in [2.45, 2.75) is 6.61 Å². The van der Waals surface area contributed by atoms with Crippen molar-refractivity contribution in [3.05, 3.63) is 82.5 Å². The number of thiocarbonyl (C=S) groups is 1. The van der Waals surface area contributed by atoms with Crippen molar-refractivity contribution < 1.29 is 23.0 Å². The van der Waals surface area contributed by atoms with Crippen LogP contribution in [0, 0.1) is 11.6 Å². The van der Waals surface area contributed by atoms with Gasteiger partial charge in [-0.05, 0) is 53.6 Å². The monoisotopic (exact) mass is 470 g/mol. The molecule has 2 aromatic carbocycles. The first-order valence-corrected chi connectivity index (χ1v) is 10.6. The van der Waals surface area contributed by atoms with Gasteiger partial charge in [-0.15, -0.1) is 0 Å². The second-order valence-corrected chi connectivity index (χ2v) is 8.41. The lowest BCUT2D eigenvalue weighted by atomic mass is 10.00. The Morgan fingerprint density at radius 2 is 2.00 bits per heavy atom. The van der Waals surface area contributed by atoms with Crippen LogP contribution in [0.15, 0.2) is 59.6 Å². The molecule has 0 bridgehead atoms. The summed E-state index contributed by atoms with van der Waals surface area (Å²) in [4.78, 5) is 16.7. The Morgan fingerprint density at radius 1 is 1.16 bits per heavy atom. The van der Waals surface area contributed by atoms with Gasteiger partial charge in [0.1, 0.15) is 10.9 Å². The Labute approximate surface area is 192 Å². The van der Waals surface area contributed by atoms with Gasteiger partial charge >= 0.3 is 0 Å². The van der Waals surface area contributed by atoms with Crippen molar-refractivity contribution in [3.8, 4) is 22.6 Å². The van der Waals surface area contributed by atoms with Crippen LogP contribution < -0.4 is 14.8 Å². The summed E-state index contributed by atoms with van der Waals surface area (Å²) in [5.41, 5.74) is 2.15. The summed E-state index contributed by atoms with van der Waals surface area (Å²) in [5.74, 6) is -1.55. The van der Waals surface area contributed by atoms with Gasteiger partial charge in [-0.1, -0.05) is 36.1 Å². The molecule has 1 aromatic heterocycles. The van der Waals surface area contributed by atoms with Gasteiger partial charge in [0.05, 0.1) is 17.7 Å². The molecule has 3 aromatic rings. The molecule has 0 atom stereocenters. The molecular weight excluding hydrogens is 454 g/mol. The van der Waals surface area contributed by atoms with Gasteiger partial charge in [-0.25, -0.2) is 8.78 Å².